The summed E-state index contributed by atoms with van der Waals surface area (Å²) in [5.74, 6) is 1.57. The molecule has 0 saturated carbocycles. The number of anilines is 1. The van der Waals surface area contributed by atoms with Crippen molar-refractivity contribution in [2.24, 2.45) is 0 Å². The molecule has 1 unspecified atom stereocenters. The van der Waals surface area contributed by atoms with Crippen LogP contribution in [0.2, 0.25) is 0 Å². The third-order valence-electron chi connectivity index (χ3n) is 4.40. The number of phenolic OH excluding ortho intramolecular Hbond substituents is 1. The lowest BCUT2D eigenvalue weighted by atomic mass is 10.1. The van der Waals surface area contributed by atoms with Crippen molar-refractivity contribution in [3.8, 4) is 17.1 Å². The Kier molecular flexibility index (Phi) is 3.78. The summed E-state index contributed by atoms with van der Waals surface area (Å²) in [6.07, 6.45) is 1.07. The fourth-order valence-corrected chi connectivity index (χ4v) is 3.11. The SMILES string of the molecule is Cc1ccc(O)c(-c2nc(NC3CCNC3)c3ccccc3n2)c1. The van der Waals surface area contributed by atoms with Gasteiger partial charge in [0.05, 0.1) is 11.1 Å². The second-order valence-corrected chi connectivity index (χ2v) is 6.27. The van der Waals surface area contributed by atoms with Gasteiger partial charge in [0.2, 0.25) is 0 Å². The highest BCUT2D eigenvalue weighted by molar-refractivity contribution is 5.91. The highest BCUT2D eigenvalue weighted by atomic mass is 16.3. The van der Waals surface area contributed by atoms with Crippen LogP contribution in [0.15, 0.2) is 42.5 Å². The van der Waals surface area contributed by atoms with Gasteiger partial charge in [-0.2, -0.15) is 0 Å². The molecule has 1 atom stereocenters. The van der Waals surface area contributed by atoms with Gasteiger partial charge in [-0.3, -0.25) is 0 Å². The molecule has 1 aromatic heterocycles. The summed E-state index contributed by atoms with van der Waals surface area (Å²) in [6.45, 7) is 3.95. The number of fused-ring (bicyclic) bond motifs is 1. The van der Waals surface area contributed by atoms with Crippen LogP contribution >= 0.6 is 0 Å². The number of hydrogen-bond acceptors (Lipinski definition) is 5. The highest BCUT2D eigenvalue weighted by Crippen LogP contribution is 2.31. The van der Waals surface area contributed by atoms with E-state index in [-0.39, 0.29) is 5.75 Å². The third-order valence-corrected chi connectivity index (χ3v) is 4.40. The van der Waals surface area contributed by atoms with Crippen molar-refractivity contribution < 1.29 is 5.11 Å². The van der Waals surface area contributed by atoms with E-state index in [1.54, 1.807) is 6.07 Å². The summed E-state index contributed by atoms with van der Waals surface area (Å²) in [4.78, 5) is 9.38. The van der Waals surface area contributed by atoms with Crippen LogP contribution in [0.4, 0.5) is 5.82 Å². The molecule has 24 heavy (non-hydrogen) atoms. The molecule has 0 aliphatic carbocycles. The van der Waals surface area contributed by atoms with E-state index in [0.29, 0.717) is 17.4 Å². The highest BCUT2D eigenvalue weighted by Gasteiger charge is 2.18. The number of hydrogen-bond donors (Lipinski definition) is 3. The minimum atomic E-state index is 0.198. The largest absolute Gasteiger partial charge is 0.507 e. The molecule has 0 radical (unpaired) electrons. The van der Waals surface area contributed by atoms with Crippen molar-refractivity contribution in [1.29, 1.82) is 0 Å². The zero-order valence-electron chi connectivity index (χ0n) is 13.6. The smallest absolute Gasteiger partial charge is 0.165 e. The Bertz CT molecular complexity index is 888. The van der Waals surface area contributed by atoms with Gasteiger partial charge in [-0.1, -0.05) is 23.8 Å². The summed E-state index contributed by atoms with van der Waals surface area (Å²) in [5.41, 5.74) is 2.60. The number of phenols is 1. The van der Waals surface area contributed by atoms with E-state index in [1.165, 1.54) is 0 Å². The zero-order valence-corrected chi connectivity index (χ0v) is 13.6. The Balaban J connectivity index is 1.85. The predicted molar refractivity (Wildman–Crippen MR) is 96.3 cm³/mol. The van der Waals surface area contributed by atoms with Crippen molar-refractivity contribution in [3.05, 3.63) is 48.0 Å². The van der Waals surface area contributed by atoms with Gasteiger partial charge in [-0.25, -0.2) is 9.97 Å². The summed E-state index contributed by atoms with van der Waals surface area (Å²) < 4.78 is 0. The number of aryl methyl sites for hydroxylation is 1. The molecule has 2 heterocycles. The monoisotopic (exact) mass is 320 g/mol. The molecular weight excluding hydrogens is 300 g/mol. The minimum Gasteiger partial charge on any atom is -0.507 e. The number of rotatable bonds is 3. The van der Waals surface area contributed by atoms with Crippen molar-refractivity contribution >= 4 is 16.7 Å². The number of nitrogens with one attached hydrogen (secondary N) is 2. The minimum absolute atomic E-state index is 0.198. The molecule has 122 valence electrons. The summed E-state index contributed by atoms with van der Waals surface area (Å²) in [5, 5.41) is 18.1. The molecule has 2 aromatic carbocycles. The van der Waals surface area contributed by atoms with E-state index in [9.17, 15) is 5.11 Å². The molecule has 1 fully saturated rings. The molecule has 0 amide bonds. The molecule has 1 aliphatic rings. The normalized spacial score (nSPS) is 17.3. The Morgan fingerprint density at radius 2 is 2.04 bits per heavy atom. The molecule has 3 N–H and O–H groups in total. The Morgan fingerprint density at radius 3 is 2.88 bits per heavy atom. The van der Waals surface area contributed by atoms with E-state index in [0.717, 1.165) is 41.8 Å². The second kappa shape index (κ2) is 6.09. The average molecular weight is 320 g/mol. The van der Waals surface area contributed by atoms with Crippen molar-refractivity contribution in [2.45, 2.75) is 19.4 Å². The maximum Gasteiger partial charge on any atom is 0.165 e. The maximum absolute atomic E-state index is 10.2. The fraction of sp³-hybridized carbons (Fsp3) is 0.263. The van der Waals surface area contributed by atoms with Gasteiger partial charge < -0.3 is 15.7 Å². The first kappa shape index (κ1) is 14.9. The second-order valence-electron chi connectivity index (χ2n) is 6.27. The number of para-hydroxylation sites is 1. The topological polar surface area (TPSA) is 70.1 Å². The van der Waals surface area contributed by atoms with Crippen molar-refractivity contribution in [1.82, 2.24) is 15.3 Å². The van der Waals surface area contributed by atoms with Crippen LogP contribution in [0.25, 0.3) is 22.3 Å². The molecular formula is C19H20N4O. The molecule has 3 aromatic rings. The predicted octanol–water partition coefficient (Wildman–Crippen LogP) is 3.08. The molecule has 1 saturated heterocycles. The number of nitrogens with zero attached hydrogens (tertiary/aromatic N) is 2. The number of aromatic nitrogens is 2. The summed E-state index contributed by atoms with van der Waals surface area (Å²) in [6, 6.07) is 13.8. The van der Waals surface area contributed by atoms with Crippen LogP contribution in [-0.2, 0) is 0 Å². The summed E-state index contributed by atoms with van der Waals surface area (Å²) in [7, 11) is 0. The summed E-state index contributed by atoms with van der Waals surface area (Å²) >= 11 is 0. The first-order valence-electron chi connectivity index (χ1n) is 8.25. The van der Waals surface area contributed by atoms with Gasteiger partial charge >= 0.3 is 0 Å². The number of benzene rings is 2. The maximum atomic E-state index is 10.2. The standard InChI is InChI=1S/C19H20N4O/c1-12-6-7-17(24)15(10-12)19-22-16-5-3-2-4-14(16)18(23-19)21-13-8-9-20-11-13/h2-7,10,13,20,24H,8-9,11H2,1H3,(H,21,22,23). The van der Waals surface area contributed by atoms with Crippen LogP contribution in [0, 0.1) is 6.92 Å². The molecule has 5 nitrogen and oxygen atoms in total. The molecule has 0 bridgehead atoms. The first-order valence-corrected chi connectivity index (χ1v) is 8.25. The van der Waals surface area contributed by atoms with E-state index in [1.807, 2.05) is 43.3 Å². The lowest BCUT2D eigenvalue weighted by Gasteiger charge is -2.15. The average Bonchev–Trinajstić information content (AvgIpc) is 3.10. The van der Waals surface area contributed by atoms with E-state index >= 15 is 0 Å². The Labute approximate surface area is 140 Å². The third kappa shape index (κ3) is 2.78. The van der Waals surface area contributed by atoms with Crippen LogP contribution < -0.4 is 10.6 Å². The van der Waals surface area contributed by atoms with E-state index in [4.69, 9.17) is 4.98 Å². The quantitative estimate of drug-likeness (QED) is 0.692. The van der Waals surface area contributed by atoms with Gasteiger partial charge in [0.15, 0.2) is 5.82 Å². The first-order chi connectivity index (χ1) is 11.7. The van der Waals surface area contributed by atoms with Crippen molar-refractivity contribution in [3.63, 3.8) is 0 Å². The fourth-order valence-electron chi connectivity index (χ4n) is 3.11. The van der Waals surface area contributed by atoms with Crippen molar-refractivity contribution in [2.75, 3.05) is 18.4 Å². The van der Waals surface area contributed by atoms with Gasteiger partial charge in [-0.15, -0.1) is 0 Å². The zero-order chi connectivity index (χ0) is 16.5. The Hall–Kier alpha value is -2.66. The lowest BCUT2D eigenvalue weighted by Crippen LogP contribution is -2.23. The molecule has 1 aliphatic heterocycles. The number of aromatic hydroxyl groups is 1. The Morgan fingerprint density at radius 1 is 1.17 bits per heavy atom. The van der Waals surface area contributed by atoms with Gasteiger partial charge in [0.1, 0.15) is 11.6 Å². The van der Waals surface area contributed by atoms with Gasteiger partial charge in [0, 0.05) is 18.0 Å². The van der Waals surface area contributed by atoms with E-state index in [2.05, 4.69) is 15.6 Å². The van der Waals surface area contributed by atoms with Gasteiger partial charge in [-0.05, 0) is 44.2 Å². The van der Waals surface area contributed by atoms with Crippen LogP contribution in [0.5, 0.6) is 5.75 Å². The molecule has 0 spiro atoms. The van der Waals surface area contributed by atoms with Crippen LogP contribution in [0.1, 0.15) is 12.0 Å². The van der Waals surface area contributed by atoms with Gasteiger partial charge in [0.25, 0.3) is 0 Å². The van der Waals surface area contributed by atoms with E-state index < -0.39 is 0 Å². The van der Waals surface area contributed by atoms with Crippen LogP contribution in [0.3, 0.4) is 0 Å². The lowest BCUT2D eigenvalue weighted by molar-refractivity contribution is 0.477. The molecule has 4 rings (SSSR count). The van der Waals surface area contributed by atoms with Crippen LogP contribution in [-0.4, -0.2) is 34.2 Å². The molecule has 5 heteroatoms.